The molecule has 0 spiro atoms. The first-order valence-electron chi connectivity index (χ1n) is 12.5. The van der Waals surface area contributed by atoms with Crippen molar-refractivity contribution in [3.8, 4) is 6.07 Å². The van der Waals surface area contributed by atoms with E-state index in [4.69, 9.17) is 16.3 Å². The van der Waals surface area contributed by atoms with Crippen molar-refractivity contribution in [3.63, 3.8) is 0 Å². The van der Waals surface area contributed by atoms with E-state index in [1.54, 1.807) is 31.2 Å². The number of hydrogen-bond acceptors (Lipinski definition) is 6. The molecule has 3 aromatic rings. The van der Waals surface area contributed by atoms with Crippen LogP contribution in [0.3, 0.4) is 0 Å². The molecule has 0 unspecified atom stereocenters. The molecule has 0 aliphatic carbocycles. The molecule has 2 N–H and O–H groups in total. The number of carbonyl (C=O) groups is 2. The molecule has 0 fully saturated rings. The van der Waals surface area contributed by atoms with Gasteiger partial charge in [-0.25, -0.2) is 4.79 Å². The number of thioether (sulfide) groups is 1. The number of ether oxygens (including phenoxy) is 1. The Hall–Kier alpha value is -3.99. The van der Waals surface area contributed by atoms with E-state index in [1.165, 1.54) is 11.8 Å². The number of para-hydroxylation sites is 1. The topological polar surface area (TPSA) is 91.2 Å². The Balaban J connectivity index is 1.59. The van der Waals surface area contributed by atoms with Crippen molar-refractivity contribution in [3.05, 3.63) is 122 Å². The molecule has 1 aliphatic rings. The van der Waals surface area contributed by atoms with E-state index < -0.39 is 11.9 Å². The summed E-state index contributed by atoms with van der Waals surface area (Å²) in [5, 5.41) is 17.5. The molecule has 1 heterocycles. The number of dihydropyridines is 1. The van der Waals surface area contributed by atoms with Crippen LogP contribution in [0, 0.1) is 11.3 Å². The largest absolute Gasteiger partial charge is 0.457 e. The summed E-state index contributed by atoms with van der Waals surface area (Å²) < 4.78 is 5.66. The lowest BCUT2D eigenvalue weighted by Crippen LogP contribution is -2.29. The monoisotopic (exact) mass is 557 g/mol. The highest BCUT2D eigenvalue weighted by atomic mass is 35.5. The molecule has 0 saturated carbocycles. The van der Waals surface area contributed by atoms with Crippen LogP contribution in [0.5, 0.6) is 0 Å². The van der Waals surface area contributed by atoms with Crippen molar-refractivity contribution in [2.75, 3.05) is 11.1 Å². The first-order chi connectivity index (χ1) is 18.9. The number of nitriles is 1. The van der Waals surface area contributed by atoms with Crippen molar-refractivity contribution >= 4 is 40.9 Å². The second kappa shape index (κ2) is 13.2. The van der Waals surface area contributed by atoms with Crippen LogP contribution in [0.1, 0.15) is 36.5 Å². The van der Waals surface area contributed by atoms with Crippen molar-refractivity contribution in [2.45, 2.75) is 32.8 Å². The van der Waals surface area contributed by atoms with Gasteiger partial charge in [0.15, 0.2) is 0 Å². The smallest absolute Gasteiger partial charge is 0.337 e. The zero-order chi connectivity index (χ0) is 27.8. The molecule has 198 valence electrons. The molecular formula is C31H28ClN3O3S. The highest BCUT2D eigenvalue weighted by molar-refractivity contribution is 8.03. The van der Waals surface area contributed by atoms with Crippen LogP contribution < -0.4 is 10.6 Å². The van der Waals surface area contributed by atoms with Gasteiger partial charge >= 0.3 is 5.97 Å². The minimum absolute atomic E-state index is 0.0833. The van der Waals surface area contributed by atoms with Gasteiger partial charge in [-0.15, -0.1) is 0 Å². The van der Waals surface area contributed by atoms with E-state index in [1.807, 2.05) is 61.5 Å². The fourth-order valence-electron chi connectivity index (χ4n) is 4.36. The van der Waals surface area contributed by atoms with E-state index in [9.17, 15) is 14.9 Å². The molecule has 0 aromatic heterocycles. The summed E-state index contributed by atoms with van der Waals surface area (Å²) in [6.07, 6.45) is 0.796. The number of anilines is 1. The van der Waals surface area contributed by atoms with Gasteiger partial charge < -0.3 is 15.4 Å². The summed E-state index contributed by atoms with van der Waals surface area (Å²) in [4.78, 5) is 26.2. The van der Waals surface area contributed by atoms with Crippen LogP contribution in [-0.4, -0.2) is 17.6 Å². The lowest BCUT2D eigenvalue weighted by atomic mass is 9.82. The molecule has 1 amide bonds. The van der Waals surface area contributed by atoms with Crippen molar-refractivity contribution in [2.24, 2.45) is 0 Å². The average molecular weight is 558 g/mol. The lowest BCUT2D eigenvalue weighted by Gasteiger charge is -2.29. The molecule has 0 bridgehead atoms. The maximum atomic E-state index is 13.4. The first kappa shape index (κ1) is 28.0. The average Bonchev–Trinajstić information content (AvgIpc) is 2.95. The van der Waals surface area contributed by atoms with Gasteiger partial charge in [0.25, 0.3) is 0 Å². The standard InChI is InChI=1S/C31H28ClN3O3S/c1-3-22-11-7-8-12-26(22)35-27(36)19-39-30-25(17-33)29(23-13-15-24(32)16-14-23)28(20(2)34-30)31(37)38-18-21-9-5-4-6-10-21/h4-16,29,34H,3,18-19H2,1-2H3,(H,35,36)/t29-/m0/s1. The van der Waals surface area contributed by atoms with Gasteiger partial charge in [0.05, 0.1) is 33.9 Å². The van der Waals surface area contributed by atoms with Crippen LogP contribution in [0.2, 0.25) is 5.02 Å². The number of allylic oxidation sites excluding steroid dienone is 2. The summed E-state index contributed by atoms with van der Waals surface area (Å²) in [5.41, 5.74) is 4.64. The number of hydrogen-bond donors (Lipinski definition) is 2. The number of aryl methyl sites for hydroxylation is 1. The van der Waals surface area contributed by atoms with E-state index in [0.717, 1.165) is 28.8 Å². The third kappa shape index (κ3) is 6.91. The number of carbonyl (C=O) groups excluding carboxylic acids is 2. The first-order valence-corrected chi connectivity index (χ1v) is 13.9. The van der Waals surface area contributed by atoms with Gasteiger partial charge in [0.1, 0.15) is 6.61 Å². The summed E-state index contributed by atoms with van der Waals surface area (Å²) in [5.74, 6) is -1.30. The third-order valence-corrected chi connectivity index (χ3v) is 7.57. The van der Waals surface area contributed by atoms with Crippen LogP contribution in [0.15, 0.2) is 101 Å². The van der Waals surface area contributed by atoms with E-state index in [2.05, 4.69) is 16.7 Å². The van der Waals surface area contributed by atoms with Crippen molar-refractivity contribution in [1.82, 2.24) is 5.32 Å². The van der Waals surface area contributed by atoms with Gasteiger partial charge in [-0.1, -0.05) is 91.0 Å². The number of halogens is 1. The second-order valence-electron chi connectivity index (χ2n) is 8.91. The number of amides is 1. The van der Waals surface area contributed by atoms with Gasteiger partial charge in [-0.2, -0.15) is 5.26 Å². The van der Waals surface area contributed by atoms with Crippen LogP contribution in [-0.2, 0) is 27.4 Å². The summed E-state index contributed by atoms with van der Waals surface area (Å²) >= 11 is 7.35. The summed E-state index contributed by atoms with van der Waals surface area (Å²) in [6.45, 7) is 3.91. The van der Waals surface area contributed by atoms with Crippen molar-refractivity contribution < 1.29 is 14.3 Å². The maximum Gasteiger partial charge on any atom is 0.337 e. The molecule has 6 nitrogen and oxygen atoms in total. The Morgan fingerprint density at radius 2 is 1.74 bits per heavy atom. The van der Waals surface area contributed by atoms with Crippen LogP contribution >= 0.6 is 23.4 Å². The predicted molar refractivity (Wildman–Crippen MR) is 156 cm³/mol. The zero-order valence-corrected chi connectivity index (χ0v) is 23.2. The number of nitrogens with one attached hydrogen (secondary N) is 2. The van der Waals surface area contributed by atoms with Gasteiger partial charge in [-0.05, 0) is 48.2 Å². The Labute approximate surface area is 237 Å². The molecule has 4 rings (SSSR count). The fraction of sp³-hybridized carbons (Fsp3) is 0.194. The molecule has 39 heavy (non-hydrogen) atoms. The molecule has 8 heteroatoms. The Kier molecular flexibility index (Phi) is 9.48. The Bertz CT molecular complexity index is 1460. The number of benzene rings is 3. The Morgan fingerprint density at radius 3 is 2.44 bits per heavy atom. The van der Waals surface area contributed by atoms with E-state index >= 15 is 0 Å². The molecule has 0 saturated heterocycles. The minimum atomic E-state index is -0.678. The third-order valence-electron chi connectivity index (χ3n) is 6.30. The lowest BCUT2D eigenvalue weighted by molar-refractivity contribution is -0.140. The van der Waals surface area contributed by atoms with Gasteiger partial charge in [0.2, 0.25) is 5.91 Å². The number of rotatable bonds is 9. The van der Waals surface area contributed by atoms with Gasteiger partial charge in [-0.3, -0.25) is 4.79 Å². The molecule has 3 aromatic carbocycles. The SMILES string of the molecule is CCc1ccccc1NC(=O)CSC1=C(C#N)[C@H](c2ccc(Cl)cc2)C(C(=O)OCc2ccccc2)=C(C)N1. The van der Waals surface area contributed by atoms with Crippen LogP contribution in [0.25, 0.3) is 0 Å². The van der Waals surface area contributed by atoms with Crippen LogP contribution in [0.4, 0.5) is 5.69 Å². The highest BCUT2D eigenvalue weighted by Crippen LogP contribution is 2.41. The second-order valence-corrected chi connectivity index (χ2v) is 10.3. The van der Waals surface area contributed by atoms with E-state index in [-0.39, 0.29) is 18.3 Å². The van der Waals surface area contributed by atoms with Gasteiger partial charge in [0, 0.05) is 16.4 Å². The summed E-state index contributed by atoms with van der Waals surface area (Å²) in [6, 6.07) is 26.4. The number of esters is 1. The fourth-order valence-corrected chi connectivity index (χ4v) is 5.38. The van der Waals surface area contributed by atoms with E-state index in [0.29, 0.717) is 26.9 Å². The molecule has 1 atom stereocenters. The van der Waals surface area contributed by atoms with Crippen molar-refractivity contribution in [1.29, 1.82) is 5.26 Å². The normalized spacial score (nSPS) is 14.9. The zero-order valence-electron chi connectivity index (χ0n) is 21.7. The molecule has 0 radical (unpaired) electrons. The molecule has 1 aliphatic heterocycles. The molecular weight excluding hydrogens is 530 g/mol. The maximum absolute atomic E-state index is 13.4. The minimum Gasteiger partial charge on any atom is -0.457 e. The predicted octanol–water partition coefficient (Wildman–Crippen LogP) is 6.71. The summed E-state index contributed by atoms with van der Waals surface area (Å²) in [7, 11) is 0. The number of nitrogens with zero attached hydrogens (tertiary/aromatic N) is 1. The highest BCUT2D eigenvalue weighted by Gasteiger charge is 2.35. The Morgan fingerprint density at radius 1 is 1.05 bits per heavy atom. The quantitative estimate of drug-likeness (QED) is 0.284.